The maximum atomic E-state index is 12.9. The smallest absolute Gasteiger partial charge is 0.253 e. The second-order valence-electron chi connectivity index (χ2n) is 8.23. The number of hydrogen-bond acceptors (Lipinski definition) is 6. The van der Waals surface area contributed by atoms with Gasteiger partial charge in [-0.05, 0) is 43.3 Å². The number of hydrogen-bond donors (Lipinski definition) is 0. The minimum Gasteiger partial charge on any atom is -0.352 e. The topological polar surface area (TPSA) is 86.7 Å². The molecule has 2 heterocycles. The lowest BCUT2D eigenvalue weighted by Crippen LogP contribution is -2.49. The molecule has 1 fully saturated rings. The van der Waals surface area contributed by atoms with Crippen LogP contribution in [0, 0.1) is 6.92 Å². The Hall–Kier alpha value is -3.30. The third-order valence-electron chi connectivity index (χ3n) is 5.77. The van der Waals surface area contributed by atoms with Crippen LogP contribution in [0.2, 0.25) is 0 Å². The Morgan fingerprint density at radius 1 is 0.848 bits per heavy atom. The highest BCUT2D eigenvalue weighted by atomic mass is 32.2. The minimum absolute atomic E-state index is 0.107. The third-order valence-corrected chi connectivity index (χ3v) is 7.60. The second-order valence-corrected chi connectivity index (χ2v) is 10.4. The highest BCUT2D eigenvalue weighted by molar-refractivity contribution is 7.89. The van der Waals surface area contributed by atoms with E-state index < -0.39 is 10.0 Å². The Labute approximate surface area is 194 Å². The molecule has 1 aliphatic rings. The predicted molar refractivity (Wildman–Crippen MR) is 128 cm³/mol. The Morgan fingerprint density at radius 3 is 2.03 bits per heavy atom. The van der Waals surface area contributed by atoms with Gasteiger partial charge in [-0.15, -0.1) is 10.2 Å². The van der Waals surface area contributed by atoms with E-state index in [1.165, 1.54) is 31.8 Å². The molecule has 9 heteroatoms. The van der Waals surface area contributed by atoms with Gasteiger partial charge in [0.05, 0.1) is 10.6 Å². The molecule has 33 heavy (non-hydrogen) atoms. The summed E-state index contributed by atoms with van der Waals surface area (Å²) in [4.78, 5) is 16.9. The molecule has 3 aromatic rings. The Kier molecular flexibility index (Phi) is 6.44. The number of nitrogens with zero attached hydrogens (tertiary/aromatic N) is 5. The number of rotatable bonds is 5. The van der Waals surface area contributed by atoms with Crippen molar-refractivity contribution < 1.29 is 13.2 Å². The number of benzene rings is 2. The summed E-state index contributed by atoms with van der Waals surface area (Å²) in [7, 11) is -0.555. The Balaban J connectivity index is 1.37. The average molecular weight is 466 g/mol. The number of amides is 1. The molecule has 8 nitrogen and oxygen atoms in total. The summed E-state index contributed by atoms with van der Waals surface area (Å²) >= 11 is 0. The first-order valence-corrected chi connectivity index (χ1v) is 12.2. The molecule has 0 unspecified atom stereocenters. The maximum absolute atomic E-state index is 12.9. The van der Waals surface area contributed by atoms with Gasteiger partial charge < -0.3 is 9.80 Å². The first-order chi connectivity index (χ1) is 15.8. The van der Waals surface area contributed by atoms with E-state index in [2.05, 4.69) is 27.2 Å². The zero-order valence-electron chi connectivity index (χ0n) is 19.0. The second kappa shape index (κ2) is 9.29. The summed E-state index contributed by atoms with van der Waals surface area (Å²) in [5, 5.41) is 8.76. The van der Waals surface area contributed by atoms with E-state index in [1.807, 2.05) is 31.2 Å². The predicted octanol–water partition coefficient (Wildman–Crippen LogP) is 2.66. The van der Waals surface area contributed by atoms with E-state index in [1.54, 1.807) is 17.0 Å². The number of sulfonamides is 1. The molecule has 0 N–H and O–H groups in total. The fourth-order valence-corrected chi connectivity index (χ4v) is 4.58. The standard InChI is InChI=1S/C24H27N5O3S/c1-18-4-6-19(7-5-18)22-12-13-23(26-25-22)28-14-16-29(17-15-28)24(30)20-8-10-21(11-9-20)33(31,32)27(2)3/h4-13H,14-17H2,1-3H3. The number of aromatic nitrogens is 2. The van der Waals surface area contributed by atoms with Crippen molar-refractivity contribution in [2.24, 2.45) is 0 Å². The monoisotopic (exact) mass is 465 g/mol. The van der Waals surface area contributed by atoms with Crippen molar-refractivity contribution in [1.29, 1.82) is 0 Å². The molecule has 0 spiro atoms. The van der Waals surface area contributed by atoms with E-state index in [4.69, 9.17) is 0 Å². The van der Waals surface area contributed by atoms with Crippen molar-refractivity contribution in [3.63, 3.8) is 0 Å². The molecule has 1 aromatic heterocycles. The SMILES string of the molecule is Cc1ccc(-c2ccc(N3CCN(C(=O)c4ccc(S(=O)(=O)N(C)C)cc4)CC3)nn2)cc1. The molecule has 1 aliphatic heterocycles. The average Bonchev–Trinajstić information content (AvgIpc) is 2.84. The number of carbonyl (C=O) groups is 1. The van der Waals surface area contributed by atoms with Crippen molar-refractivity contribution >= 4 is 21.7 Å². The number of carbonyl (C=O) groups excluding carboxylic acids is 1. The highest BCUT2D eigenvalue weighted by Crippen LogP contribution is 2.21. The molecule has 0 radical (unpaired) electrons. The first kappa shape index (κ1) is 22.9. The quantitative estimate of drug-likeness (QED) is 0.576. The summed E-state index contributed by atoms with van der Waals surface area (Å²) in [6, 6.07) is 18.2. The van der Waals surface area contributed by atoms with Gasteiger partial charge in [0.15, 0.2) is 5.82 Å². The van der Waals surface area contributed by atoms with Crippen molar-refractivity contribution in [3.05, 3.63) is 71.8 Å². The molecule has 1 amide bonds. The van der Waals surface area contributed by atoms with Crippen molar-refractivity contribution in [2.75, 3.05) is 45.2 Å². The summed E-state index contributed by atoms with van der Waals surface area (Å²) in [6.45, 7) is 4.46. The van der Waals surface area contributed by atoms with Gasteiger partial charge in [0.25, 0.3) is 5.91 Å². The van der Waals surface area contributed by atoms with Gasteiger partial charge >= 0.3 is 0 Å². The molecule has 2 aromatic carbocycles. The minimum atomic E-state index is -3.52. The van der Waals surface area contributed by atoms with Gasteiger partial charge in [-0.25, -0.2) is 12.7 Å². The zero-order valence-corrected chi connectivity index (χ0v) is 19.8. The normalized spacial score (nSPS) is 14.5. The van der Waals surface area contributed by atoms with E-state index in [-0.39, 0.29) is 10.8 Å². The van der Waals surface area contributed by atoms with E-state index >= 15 is 0 Å². The van der Waals surface area contributed by atoms with Crippen LogP contribution in [0.15, 0.2) is 65.6 Å². The van der Waals surface area contributed by atoms with Crippen LogP contribution < -0.4 is 4.90 Å². The molecular formula is C24H27N5O3S. The van der Waals surface area contributed by atoms with Gasteiger partial charge in [-0.3, -0.25) is 4.79 Å². The number of aryl methyl sites for hydroxylation is 1. The molecule has 1 saturated heterocycles. The summed E-state index contributed by atoms with van der Waals surface area (Å²) < 4.78 is 25.6. The Morgan fingerprint density at radius 2 is 1.48 bits per heavy atom. The number of anilines is 1. The molecule has 0 bridgehead atoms. The van der Waals surface area contributed by atoms with E-state index in [0.29, 0.717) is 31.7 Å². The van der Waals surface area contributed by atoms with Crippen LogP contribution in [0.3, 0.4) is 0 Å². The van der Waals surface area contributed by atoms with Crippen LogP contribution in [-0.2, 0) is 10.0 Å². The van der Waals surface area contributed by atoms with Crippen LogP contribution in [-0.4, -0.2) is 74.0 Å². The zero-order chi connectivity index (χ0) is 23.6. The van der Waals surface area contributed by atoms with Crippen LogP contribution >= 0.6 is 0 Å². The van der Waals surface area contributed by atoms with Crippen LogP contribution in [0.4, 0.5) is 5.82 Å². The largest absolute Gasteiger partial charge is 0.352 e. The lowest BCUT2D eigenvalue weighted by atomic mass is 10.1. The molecule has 0 aliphatic carbocycles. The Bertz CT molecular complexity index is 1220. The number of piperazine rings is 1. The first-order valence-electron chi connectivity index (χ1n) is 10.7. The van der Waals surface area contributed by atoms with E-state index in [0.717, 1.165) is 21.4 Å². The molecule has 172 valence electrons. The maximum Gasteiger partial charge on any atom is 0.253 e. The summed E-state index contributed by atoms with van der Waals surface area (Å²) in [5.41, 5.74) is 3.53. The van der Waals surface area contributed by atoms with Gasteiger partial charge in [0, 0.05) is 51.4 Å². The lowest BCUT2D eigenvalue weighted by molar-refractivity contribution is 0.0746. The summed E-state index contributed by atoms with van der Waals surface area (Å²) in [6.07, 6.45) is 0. The fourth-order valence-electron chi connectivity index (χ4n) is 3.67. The molecular weight excluding hydrogens is 438 g/mol. The van der Waals surface area contributed by atoms with Crippen LogP contribution in [0.5, 0.6) is 0 Å². The van der Waals surface area contributed by atoms with Crippen molar-refractivity contribution in [3.8, 4) is 11.3 Å². The van der Waals surface area contributed by atoms with Gasteiger partial charge in [-0.2, -0.15) is 0 Å². The highest BCUT2D eigenvalue weighted by Gasteiger charge is 2.24. The van der Waals surface area contributed by atoms with Gasteiger partial charge in [0.2, 0.25) is 10.0 Å². The van der Waals surface area contributed by atoms with Gasteiger partial charge in [-0.1, -0.05) is 29.8 Å². The molecule has 0 atom stereocenters. The van der Waals surface area contributed by atoms with Crippen molar-refractivity contribution in [1.82, 2.24) is 19.4 Å². The fraction of sp³-hybridized carbons (Fsp3) is 0.292. The lowest BCUT2D eigenvalue weighted by Gasteiger charge is -2.35. The van der Waals surface area contributed by atoms with E-state index in [9.17, 15) is 13.2 Å². The van der Waals surface area contributed by atoms with Crippen LogP contribution in [0.1, 0.15) is 15.9 Å². The summed E-state index contributed by atoms with van der Waals surface area (Å²) in [5.74, 6) is 0.681. The molecule has 4 rings (SSSR count). The third kappa shape index (κ3) is 4.89. The van der Waals surface area contributed by atoms with Gasteiger partial charge in [0.1, 0.15) is 0 Å². The van der Waals surface area contributed by atoms with Crippen molar-refractivity contribution in [2.45, 2.75) is 11.8 Å². The van der Waals surface area contributed by atoms with Crippen LogP contribution in [0.25, 0.3) is 11.3 Å². The molecule has 0 saturated carbocycles.